The Labute approximate surface area is 115 Å². The van der Waals surface area contributed by atoms with E-state index in [-0.39, 0.29) is 12.5 Å². The van der Waals surface area contributed by atoms with Crippen molar-refractivity contribution >= 4 is 5.91 Å². The fourth-order valence-electron chi connectivity index (χ4n) is 2.67. The van der Waals surface area contributed by atoms with Crippen molar-refractivity contribution in [1.29, 1.82) is 0 Å². The van der Waals surface area contributed by atoms with Gasteiger partial charge in [0, 0.05) is 25.7 Å². The Bertz CT molecular complexity index is 407. The Morgan fingerprint density at radius 2 is 2.16 bits per heavy atom. The van der Waals surface area contributed by atoms with Crippen molar-refractivity contribution in [2.24, 2.45) is 5.73 Å². The lowest BCUT2D eigenvalue weighted by Gasteiger charge is -2.37. The first-order valence-corrected chi connectivity index (χ1v) is 6.92. The van der Waals surface area contributed by atoms with Crippen LogP contribution in [-0.2, 0) is 11.3 Å². The molecular formula is C15H23N3O. The third-order valence-electron chi connectivity index (χ3n) is 3.82. The molecule has 0 saturated carbocycles. The molecule has 4 heteroatoms. The molecule has 2 rings (SSSR count). The van der Waals surface area contributed by atoms with Gasteiger partial charge in [-0.15, -0.1) is 0 Å². The fourth-order valence-corrected chi connectivity index (χ4v) is 2.67. The molecule has 0 spiro atoms. The number of hydrogen-bond acceptors (Lipinski definition) is 3. The van der Waals surface area contributed by atoms with Crippen molar-refractivity contribution in [1.82, 2.24) is 9.80 Å². The molecule has 1 aliphatic rings. The van der Waals surface area contributed by atoms with Gasteiger partial charge in [-0.05, 0) is 25.5 Å². The number of piperidine rings is 1. The van der Waals surface area contributed by atoms with Gasteiger partial charge in [0.25, 0.3) is 0 Å². The average molecular weight is 261 g/mol. The van der Waals surface area contributed by atoms with Gasteiger partial charge in [-0.2, -0.15) is 0 Å². The number of carbonyl (C=O) groups excluding carboxylic acids is 1. The van der Waals surface area contributed by atoms with Gasteiger partial charge < -0.3 is 10.6 Å². The van der Waals surface area contributed by atoms with Crippen LogP contribution in [0.25, 0.3) is 0 Å². The van der Waals surface area contributed by atoms with Crippen LogP contribution in [-0.4, -0.2) is 48.4 Å². The van der Waals surface area contributed by atoms with Gasteiger partial charge in [-0.3, -0.25) is 9.69 Å². The van der Waals surface area contributed by atoms with Crippen LogP contribution < -0.4 is 5.73 Å². The lowest BCUT2D eigenvalue weighted by atomic mass is 10.0. The molecule has 1 heterocycles. The van der Waals surface area contributed by atoms with Crippen LogP contribution in [0.5, 0.6) is 0 Å². The molecule has 1 amide bonds. The highest BCUT2D eigenvalue weighted by molar-refractivity contribution is 5.78. The zero-order valence-corrected chi connectivity index (χ0v) is 11.6. The minimum Gasteiger partial charge on any atom is -0.340 e. The zero-order chi connectivity index (χ0) is 13.7. The summed E-state index contributed by atoms with van der Waals surface area (Å²) in [5.41, 5.74) is 6.76. The summed E-state index contributed by atoms with van der Waals surface area (Å²) in [6.07, 6.45) is 2.22. The molecule has 1 fully saturated rings. The van der Waals surface area contributed by atoms with Crippen LogP contribution in [0, 0.1) is 0 Å². The van der Waals surface area contributed by atoms with E-state index in [1.807, 2.05) is 11.0 Å². The minimum absolute atomic E-state index is 0.0674. The third-order valence-corrected chi connectivity index (χ3v) is 3.82. The molecule has 0 radical (unpaired) electrons. The summed E-state index contributed by atoms with van der Waals surface area (Å²) in [6.45, 7) is 2.70. The highest BCUT2D eigenvalue weighted by Gasteiger charge is 2.25. The highest BCUT2D eigenvalue weighted by Crippen LogP contribution is 2.16. The standard InChI is InChI=1S/C15H23N3O/c1-17(11-13-6-3-2-4-7-13)14-8-5-9-18(12-14)15(19)10-16/h2-4,6-7,14H,5,8-12,16H2,1H3/t14-/m0/s1. The summed E-state index contributed by atoms with van der Waals surface area (Å²) in [7, 11) is 2.13. The molecule has 0 bridgehead atoms. The quantitative estimate of drug-likeness (QED) is 0.882. The minimum atomic E-state index is 0.0674. The van der Waals surface area contributed by atoms with Crippen LogP contribution in [0.2, 0.25) is 0 Å². The Balaban J connectivity index is 1.92. The number of likely N-dealkylation sites (tertiary alicyclic amines) is 1. The molecule has 104 valence electrons. The largest absolute Gasteiger partial charge is 0.340 e. The normalized spacial score (nSPS) is 19.7. The SMILES string of the molecule is CN(Cc1ccccc1)[C@H]1CCCN(C(=O)CN)C1. The number of rotatable bonds is 4. The van der Waals surface area contributed by atoms with E-state index in [2.05, 4.69) is 36.2 Å². The van der Waals surface area contributed by atoms with E-state index in [9.17, 15) is 4.79 Å². The maximum Gasteiger partial charge on any atom is 0.236 e. The van der Waals surface area contributed by atoms with E-state index in [4.69, 9.17) is 5.73 Å². The van der Waals surface area contributed by atoms with Gasteiger partial charge in [-0.25, -0.2) is 0 Å². The molecule has 2 N–H and O–H groups in total. The molecule has 1 atom stereocenters. The maximum atomic E-state index is 11.7. The third kappa shape index (κ3) is 3.78. The Hall–Kier alpha value is -1.39. The first kappa shape index (κ1) is 14.0. The first-order valence-electron chi connectivity index (χ1n) is 6.92. The molecule has 0 unspecified atom stereocenters. The number of amides is 1. The predicted octanol–water partition coefficient (Wildman–Crippen LogP) is 1.07. The predicted molar refractivity (Wildman–Crippen MR) is 76.6 cm³/mol. The lowest BCUT2D eigenvalue weighted by molar-refractivity contribution is -0.131. The van der Waals surface area contributed by atoms with Crippen LogP contribution in [0.3, 0.4) is 0 Å². The van der Waals surface area contributed by atoms with Crippen molar-refractivity contribution in [3.63, 3.8) is 0 Å². The van der Waals surface area contributed by atoms with E-state index in [0.29, 0.717) is 6.04 Å². The Morgan fingerprint density at radius 3 is 2.84 bits per heavy atom. The van der Waals surface area contributed by atoms with Crippen LogP contribution >= 0.6 is 0 Å². The van der Waals surface area contributed by atoms with Crippen molar-refractivity contribution in [2.45, 2.75) is 25.4 Å². The average Bonchev–Trinajstić information content (AvgIpc) is 2.47. The second-order valence-corrected chi connectivity index (χ2v) is 5.24. The first-order chi connectivity index (χ1) is 9.20. The summed E-state index contributed by atoms with van der Waals surface area (Å²) in [5.74, 6) is 0.0674. The van der Waals surface area contributed by atoms with Gasteiger partial charge in [0.15, 0.2) is 0 Å². The second kappa shape index (κ2) is 6.68. The van der Waals surface area contributed by atoms with E-state index in [1.165, 1.54) is 5.56 Å². The van der Waals surface area contributed by atoms with Crippen molar-refractivity contribution in [2.75, 3.05) is 26.7 Å². The smallest absolute Gasteiger partial charge is 0.236 e. The molecule has 4 nitrogen and oxygen atoms in total. The van der Waals surface area contributed by atoms with E-state index < -0.39 is 0 Å². The lowest BCUT2D eigenvalue weighted by Crippen LogP contribution is -2.49. The van der Waals surface area contributed by atoms with Gasteiger partial charge in [0.1, 0.15) is 0 Å². The number of nitrogens with zero attached hydrogens (tertiary/aromatic N) is 2. The van der Waals surface area contributed by atoms with Crippen molar-refractivity contribution in [3.8, 4) is 0 Å². The molecule has 0 aliphatic carbocycles. The number of carbonyl (C=O) groups is 1. The van der Waals surface area contributed by atoms with E-state index in [0.717, 1.165) is 32.5 Å². The second-order valence-electron chi connectivity index (χ2n) is 5.24. The molecule has 1 aliphatic heterocycles. The van der Waals surface area contributed by atoms with Crippen molar-refractivity contribution in [3.05, 3.63) is 35.9 Å². The number of hydrogen-bond donors (Lipinski definition) is 1. The molecule has 1 aromatic rings. The van der Waals surface area contributed by atoms with Gasteiger partial charge in [0.2, 0.25) is 5.91 Å². The van der Waals surface area contributed by atoms with Crippen molar-refractivity contribution < 1.29 is 4.79 Å². The molecule has 1 aromatic carbocycles. The number of benzene rings is 1. The summed E-state index contributed by atoms with van der Waals surface area (Å²) < 4.78 is 0. The summed E-state index contributed by atoms with van der Waals surface area (Å²) in [6, 6.07) is 10.9. The summed E-state index contributed by atoms with van der Waals surface area (Å²) in [4.78, 5) is 15.9. The molecular weight excluding hydrogens is 238 g/mol. The molecule has 19 heavy (non-hydrogen) atoms. The topological polar surface area (TPSA) is 49.6 Å². The zero-order valence-electron chi connectivity index (χ0n) is 11.6. The van der Waals surface area contributed by atoms with Crippen LogP contribution in [0.15, 0.2) is 30.3 Å². The highest BCUT2D eigenvalue weighted by atomic mass is 16.2. The fraction of sp³-hybridized carbons (Fsp3) is 0.533. The van der Waals surface area contributed by atoms with Gasteiger partial charge in [-0.1, -0.05) is 30.3 Å². The van der Waals surface area contributed by atoms with E-state index >= 15 is 0 Å². The monoisotopic (exact) mass is 261 g/mol. The Morgan fingerprint density at radius 1 is 1.42 bits per heavy atom. The van der Waals surface area contributed by atoms with Gasteiger partial charge >= 0.3 is 0 Å². The summed E-state index contributed by atoms with van der Waals surface area (Å²) in [5, 5.41) is 0. The van der Waals surface area contributed by atoms with Crippen LogP contribution in [0.4, 0.5) is 0 Å². The molecule has 1 saturated heterocycles. The number of nitrogens with two attached hydrogens (primary N) is 1. The Kier molecular flexibility index (Phi) is 4.93. The molecule has 0 aromatic heterocycles. The van der Waals surface area contributed by atoms with Crippen LogP contribution in [0.1, 0.15) is 18.4 Å². The van der Waals surface area contributed by atoms with Gasteiger partial charge in [0.05, 0.1) is 6.54 Å². The maximum absolute atomic E-state index is 11.7. The van der Waals surface area contributed by atoms with E-state index in [1.54, 1.807) is 0 Å². The summed E-state index contributed by atoms with van der Waals surface area (Å²) >= 11 is 0. The number of likely N-dealkylation sites (N-methyl/N-ethyl adjacent to an activating group) is 1.